The molecule has 0 bridgehead atoms. The van der Waals surface area contributed by atoms with Gasteiger partial charge in [-0.15, -0.1) is 0 Å². The number of rotatable bonds is 2. The van der Waals surface area contributed by atoms with Crippen molar-refractivity contribution < 1.29 is 4.79 Å². The van der Waals surface area contributed by atoms with E-state index in [0.717, 1.165) is 0 Å². The van der Waals surface area contributed by atoms with Crippen LogP contribution in [0.4, 0.5) is 0 Å². The van der Waals surface area contributed by atoms with Crippen LogP contribution in [0.3, 0.4) is 0 Å². The fourth-order valence-corrected chi connectivity index (χ4v) is 2.70. The molecule has 2 rings (SSSR count). The molecule has 0 spiro atoms. The number of hydrogen-bond acceptors (Lipinski definition) is 2. The summed E-state index contributed by atoms with van der Waals surface area (Å²) < 4.78 is 0. The zero-order valence-electron chi connectivity index (χ0n) is 9.42. The maximum Gasteiger partial charge on any atom is 0.222 e. The van der Waals surface area contributed by atoms with Gasteiger partial charge in [-0.25, -0.2) is 0 Å². The van der Waals surface area contributed by atoms with Crippen molar-refractivity contribution in [1.82, 2.24) is 16.0 Å². The number of nitrogens with one attached hydrogen (secondary N) is 3. The first-order chi connectivity index (χ1) is 7.74. The molecule has 90 valence electrons. The first kappa shape index (κ1) is 11.6. The summed E-state index contributed by atoms with van der Waals surface area (Å²) in [7, 11) is 0. The van der Waals surface area contributed by atoms with Crippen LogP contribution in [0.15, 0.2) is 0 Å². The molecule has 1 amide bonds. The van der Waals surface area contributed by atoms with Gasteiger partial charge >= 0.3 is 0 Å². The minimum Gasteiger partial charge on any atom is -0.360 e. The Morgan fingerprint density at radius 3 is 2.50 bits per heavy atom. The maximum atomic E-state index is 11.0. The van der Waals surface area contributed by atoms with E-state index in [1.165, 1.54) is 32.1 Å². The molecule has 16 heavy (non-hydrogen) atoms. The van der Waals surface area contributed by atoms with E-state index in [-0.39, 0.29) is 11.9 Å². The summed E-state index contributed by atoms with van der Waals surface area (Å²) in [5, 5.41) is 10.0. The Bertz CT molecular complexity index is 276. The smallest absolute Gasteiger partial charge is 0.222 e. The molecule has 1 saturated heterocycles. The Morgan fingerprint density at radius 2 is 1.88 bits per heavy atom. The summed E-state index contributed by atoms with van der Waals surface area (Å²) in [6.07, 6.45) is 6.90. The minimum absolute atomic E-state index is 0.109. The summed E-state index contributed by atoms with van der Waals surface area (Å²) in [6, 6.07) is 0.690. The van der Waals surface area contributed by atoms with Gasteiger partial charge in [-0.3, -0.25) is 4.79 Å². The molecule has 1 atom stereocenters. The van der Waals surface area contributed by atoms with Gasteiger partial charge in [0, 0.05) is 19.0 Å². The Labute approximate surface area is 102 Å². The van der Waals surface area contributed by atoms with Crippen molar-refractivity contribution in [2.45, 2.75) is 50.6 Å². The molecule has 1 saturated carbocycles. The predicted molar refractivity (Wildman–Crippen MR) is 67.2 cm³/mol. The number of thiocarbonyl (C=S) groups is 1. The lowest BCUT2D eigenvalue weighted by atomic mass is 9.96. The lowest BCUT2D eigenvalue weighted by Crippen LogP contribution is -2.47. The van der Waals surface area contributed by atoms with Crippen LogP contribution in [0.2, 0.25) is 0 Å². The molecule has 3 N–H and O–H groups in total. The van der Waals surface area contributed by atoms with E-state index in [0.29, 0.717) is 24.1 Å². The van der Waals surface area contributed by atoms with Crippen molar-refractivity contribution in [3.8, 4) is 0 Å². The molecule has 0 aromatic rings. The van der Waals surface area contributed by atoms with Gasteiger partial charge in [-0.2, -0.15) is 0 Å². The second kappa shape index (κ2) is 5.48. The molecule has 4 nitrogen and oxygen atoms in total. The van der Waals surface area contributed by atoms with Crippen molar-refractivity contribution in [3.63, 3.8) is 0 Å². The van der Waals surface area contributed by atoms with Gasteiger partial charge in [0.25, 0.3) is 0 Å². The highest BCUT2D eigenvalue weighted by molar-refractivity contribution is 7.80. The summed E-state index contributed by atoms with van der Waals surface area (Å²) in [4.78, 5) is 11.0. The fraction of sp³-hybridized carbons (Fsp3) is 0.818. The number of carbonyl (C=O) groups excluding carboxylic acids is 1. The van der Waals surface area contributed by atoms with Gasteiger partial charge in [-0.1, -0.05) is 19.3 Å². The Balaban J connectivity index is 1.69. The van der Waals surface area contributed by atoms with Crippen molar-refractivity contribution in [1.29, 1.82) is 0 Å². The third-order valence-electron chi connectivity index (χ3n) is 3.25. The molecule has 1 unspecified atom stereocenters. The van der Waals surface area contributed by atoms with Crippen molar-refractivity contribution >= 4 is 23.2 Å². The number of carbonyl (C=O) groups is 1. The highest BCUT2D eigenvalue weighted by Gasteiger charge is 2.22. The number of hydrogen-bond donors (Lipinski definition) is 3. The van der Waals surface area contributed by atoms with Crippen molar-refractivity contribution in [3.05, 3.63) is 0 Å². The second-order valence-corrected chi connectivity index (χ2v) is 5.07. The van der Waals surface area contributed by atoms with E-state index in [2.05, 4.69) is 16.0 Å². The Hall–Kier alpha value is -0.840. The zero-order valence-corrected chi connectivity index (χ0v) is 10.2. The molecule has 5 heteroatoms. The fourth-order valence-electron chi connectivity index (χ4n) is 2.37. The summed E-state index contributed by atoms with van der Waals surface area (Å²) in [5.41, 5.74) is 0. The van der Waals surface area contributed by atoms with Crippen LogP contribution in [-0.2, 0) is 4.79 Å². The first-order valence-electron chi connectivity index (χ1n) is 6.08. The molecule has 1 heterocycles. The van der Waals surface area contributed by atoms with Crippen molar-refractivity contribution in [2.24, 2.45) is 0 Å². The third kappa shape index (κ3) is 3.33. The van der Waals surface area contributed by atoms with Gasteiger partial charge < -0.3 is 16.0 Å². The monoisotopic (exact) mass is 241 g/mol. The second-order valence-electron chi connectivity index (χ2n) is 4.66. The quantitative estimate of drug-likeness (QED) is 0.622. The van der Waals surface area contributed by atoms with Crippen LogP contribution < -0.4 is 16.0 Å². The Morgan fingerprint density at radius 1 is 1.19 bits per heavy atom. The van der Waals surface area contributed by atoms with Crippen LogP contribution in [0.25, 0.3) is 0 Å². The molecule has 0 aromatic heterocycles. The van der Waals surface area contributed by atoms with Crippen LogP contribution in [-0.4, -0.2) is 29.6 Å². The lowest BCUT2D eigenvalue weighted by Gasteiger charge is -2.25. The average molecular weight is 241 g/mol. The summed E-state index contributed by atoms with van der Waals surface area (Å²) >= 11 is 5.25. The van der Waals surface area contributed by atoms with Crippen LogP contribution in [0.5, 0.6) is 0 Å². The minimum atomic E-state index is 0.109. The van der Waals surface area contributed by atoms with Crippen LogP contribution in [0, 0.1) is 0 Å². The largest absolute Gasteiger partial charge is 0.360 e. The highest BCUT2D eigenvalue weighted by atomic mass is 32.1. The molecule has 0 radical (unpaired) electrons. The SMILES string of the molecule is O=C1CC(NC(=S)NC2CCCCC2)CN1. The van der Waals surface area contributed by atoms with E-state index in [1.54, 1.807) is 0 Å². The van der Waals surface area contributed by atoms with E-state index >= 15 is 0 Å². The molecule has 2 fully saturated rings. The van der Waals surface area contributed by atoms with Crippen LogP contribution in [0.1, 0.15) is 38.5 Å². The molecule has 2 aliphatic rings. The van der Waals surface area contributed by atoms with Crippen molar-refractivity contribution in [2.75, 3.05) is 6.54 Å². The van der Waals surface area contributed by atoms with Gasteiger partial charge in [-0.05, 0) is 25.1 Å². The van der Waals surface area contributed by atoms with E-state index in [1.807, 2.05) is 0 Å². The molecular weight excluding hydrogens is 222 g/mol. The predicted octanol–water partition coefficient (Wildman–Crippen LogP) is 0.672. The summed E-state index contributed by atoms with van der Waals surface area (Å²) in [5.74, 6) is 0.109. The van der Waals surface area contributed by atoms with Crippen LogP contribution >= 0.6 is 12.2 Å². The van der Waals surface area contributed by atoms with Gasteiger partial charge in [0.05, 0.1) is 6.04 Å². The Kier molecular flexibility index (Phi) is 3.98. The standard InChI is InChI=1S/C11H19N3OS/c15-10-6-9(7-12-10)14-11(16)13-8-4-2-1-3-5-8/h8-9H,1-7H2,(H,12,15)(H2,13,14,16). The van der Waals surface area contributed by atoms with Gasteiger partial charge in [0.15, 0.2) is 5.11 Å². The maximum absolute atomic E-state index is 11.0. The number of amides is 1. The molecular formula is C11H19N3OS. The van der Waals surface area contributed by atoms with E-state index < -0.39 is 0 Å². The molecule has 0 aromatic carbocycles. The van der Waals surface area contributed by atoms with E-state index in [4.69, 9.17) is 12.2 Å². The molecule has 1 aliphatic heterocycles. The zero-order chi connectivity index (χ0) is 11.4. The normalized spacial score (nSPS) is 26.2. The lowest BCUT2D eigenvalue weighted by molar-refractivity contribution is -0.119. The highest BCUT2D eigenvalue weighted by Crippen LogP contribution is 2.17. The average Bonchev–Trinajstić information content (AvgIpc) is 2.65. The summed E-state index contributed by atoms with van der Waals surface area (Å²) in [6.45, 7) is 0.686. The van der Waals surface area contributed by atoms with Gasteiger partial charge in [0.2, 0.25) is 5.91 Å². The molecule has 1 aliphatic carbocycles. The first-order valence-corrected chi connectivity index (χ1v) is 6.48. The van der Waals surface area contributed by atoms with E-state index in [9.17, 15) is 4.79 Å². The third-order valence-corrected chi connectivity index (χ3v) is 3.49. The van der Waals surface area contributed by atoms with Gasteiger partial charge in [0.1, 0.15) is 0 Å². The topological polar surface area (TPSA) is 53.2 Å².